The van der Waals surface area contributed by atoms with Crippen molar-refractivity contribution in [3.8, 4) is 0 Å². The van der Waals surface area contributed by atoms with Gasteiger partial charge in [0.2, 0.25) is 11.8 Å². The average molecular weight is 458 g/mol. The Balaban J connectivity index is 1.38. The van der Waals surface area contributed by atoms with Crippen molar-refractivity contribution < 1.29 is 24.3 Å². The van der Waals surface area contributed by atoms with Gasteiger partial charge in [0.1, 0.15) is 11.8 Å². The number of hydrogen-bond acceptors (Lipinski definition) is 7. The molecule has 0 bridgehead atoms. The normalized spacial score (nSPS) is 20.9. The van der Waals surface area contributed by atoms with Gasteiger partial charge in [0, 0.05) is 36.0 Å². The molecule has 2 aromatic rings. The number of aliphatic hydroxyl groups is 1. The zero-order valence-corrected chi connectivity index (χ0v) is 18.2. The predicted octanol–water partition coefficient (Wildman–Crippen LogP) is 2.05. The first-order valence-corrected chi connectivity index (χ1v) is 11.0. The van der Waals surface area contributed by atoms with Crippen LogP contribution in [0.25, 0.3) is 0 Å². The van der Waals surface area contributed by atoms with Crippen molar-refractivity contribution in [2.45, 2.75) is 25.4 Å². The smallest absolute Gasteiger partial charge is 0.255 e. The lowest BCUT2D eigenvalue weighted by Gasteiger charge is -2.29. The predicted molar refractivity (Wildman–Crippen MR) is 124 cm³/mol. The second-order valence-corrected chi connectivity index (χ2v) is 8.44. The highest BCUT2D eigenvalue weighted by Gasteiger charge is 2.39. The first kappa shape index (κ1) is 21.6. The Morgan fingerprint density at radius 1 is 0.971 bits per heavy atom. The van der Waals surface area contributed by atoms with Crippen LogP contribution in [0, 0.1) is 0 Å². The number of Topliss-reactive ketones (excluding diaryl/α,β-unsaturated/α-hetero) is 1. The third-order valence-electron chi connectivity index (χ3n) is 6.30. The van der Waals surface area contributed by atoms with Crippen LogP contribution < -0.4 is 10.2 Å². The molecule has 0 aliphatic carbocycles. The van der Waals surface area contributed by atoms with Gasteiger partial charge in [0.05, 0.1) is 24.4 Å². The zero-order chi connectivity index (χ0) is 23.8. The number of aliphatic imine (C=N–C) groups is 1. The lowest BCUT2D eigenvalue weighted by atomic mass is 10.0. The summed E-state index contributed by atoms with van der Waals surface area (Å²) in [6.07, 6.45) is 1.79. The second kappa shape index (κ2) is 8.58. The molecule has 3 aliphatic heterocycles. The molecular weight excluding hydrogens is 436 g/mol. The molecule has 9 heteroatoms. The minimum absolute atomic E-state index is 0.0716. The fraction of sp³-hybridized carbons (Fsp3) is 0.240. The quantitative estimate of drug-likeness (QED) is 0.535. The second-order valence-electron chi connectivity index (χ2n) is 8.44. The molecule has 0 spiro atoms. The fourth-order valence-corrected chi connectivity index (χ4v) is 4.53. The zero-order valence-electron chi connectivity index (χ0n) is 18.2. The Morgan fingerprint density at radius 2 is 1.76 bits per heavy atom. The Kier molecular flexibility index (Phi) is 5.45. The van der Waals surface area contributed by atoms with E-state index in [0.717, 1.165) is 5.69 Å². The topological polar surface area (TPSA) is 119 Å². The molecule has 172 valence electrons. The van der Waals surface area contributed by atoms with Gasteiger partial charge >= 0.3 is 0 Å². The number of para-hydroxylation sites is 1. The molecule has 2 aromatic carbocycles. The number of amides is 3. The molecule has 2 N–H and O–H groups in total. The van der Waals surface area contributed by atoms with Gasteiger partial charge in [0.15, 0.2) is 5.78 Å². The van der Waals surface area contributed by atoms with E-state index in [4.69, 9.17) is 0 Å². The molecule has 9 nitrogen and oxygen atoms in total. The van der Waals surface area contributed by atoms with Gasteiger partial charge in [-0.25, -0.2) is 0 Å². The van der Waals surface area contributed by atoms with E-state index in [2.05, 4.69) is 10.3 Å². The molecular formula is C25H22N4O5. The SMILES string of the molecule is O=C1CCC(N2Cc3c(N=CC4=C(O)CN(c5ccccc5)CC4=O)cccc3C2=O)C(=O)N1. The molecule has 5 rings (SSSR count). The van der Waals surface area contributed by atoms with E-state index in [-0.39, 0.29) is 61.4 Å². The molecule has 1 fully saturated rings. The monoisotopic (exact) mass is 458 g/mol. The van der Waals surface area contributed by atoms with Crippen molar-refractivity contribution >= 4 is 41.1 Å². The molecule has 1 atom stereocenters. The van der Waals surface area contributed by atoms with Crippen molar-refractivity contribution in [2.24, 2.45) is 4.99 Å². The molecule has 3 heterocycles. The van der Waals surface area contributed by atoms with E-state index in [1.165, 1.54) is 11.1 Å². The fourth-order valence-electron chi connectivity index (χ4n) is 4.53. The van der Waals surface area contributed by atoms with Crippen molar-refractivity contribution in [1.29, 1.82) is 0 Å². The maximum Gasteiger partial charge on any atom is 0.255 e. The van der Waals surface area contributed by atoms with E-state index in [9.17, 15) is 24.3 Å². The molecule has 0 aromatic heterocycles. The van der Waals surface area contributed by atoms with Crippen LogP contribution >= 0.6 is 0 Å². The Labute approximate surface area is 195 Å². The number of carbonyl (C=O) groups is 4. The van der Waals surface area contributed by atoms with Crippen LogP contribution in [0.5, 0.6) is 0 Å². The van der Waals surface area contributed by atoms with Gasteiger partial charge in [-0.1, -0.05) is 24.3 Å². The van der Waals surface area contributed by atoms with Gasteiger partial charge in [-0.2, -0.15) is 0 Å². The summed E-state index contributed by atoms with van der Waals surface area (Å²) >= 11 is 0. The Bertz CT molecular complexity index is 1270. The van der Waals surface area contributed by atoms with Gasteiger partial charge in [-0.15, -0.1) is 0 Å². The molecule has 0 radical (unpaired) electrons. The van der Waals surface area contributed by atoms with Gasteiger partial charge < -0.3 is 14.9 Å². The summed E-state index contributed by atoms with van der Waals surface area (Å²) < 4.78 is 0. The van der Waals surface area contributed by atoms with Crippen LogP contribution in [-0.2, 0) is 20.9 Å². The number of nitrogens with zero attached hydrogens (tertiary/aromatic N) is 3. The van der Waals surface area contributed by atoms with Gasteiger partial charge in [-0.3, -0.25) is 29.5 Å². The molecule has 3 aliphatic rings. The summed E-state index contributed by atoms with van der Waals surface area (Å²) in [6.45, 7) is 0.477. The molecule has 1 saturated heterocycles. The first-order chi connectivity index (χ1) is 16.4. The number of imide groups is 1. The summed E-state index contributed by atoms with van der Waals surface area (Å²) in [6, 6.07) is 13.7. The number of aliphatic hydroxyl groups excluding tert-OH is 1. The molecule has 1 unspecified atom stereocenters. The highest BCUT2D eigenvalue weighted by Crippen LogP contribution is 2.34. The third-order valence-corrected chi connectivity index (χ3v) is 6.30. The minimum atomic E-state index is -0.718. The van der Waals surface area contributed by atoms with Crippen molar-refractivity contribution in [3.05, 3.63) is 71.0 Å². The van der Waals surface area contributed by atoms with E-state index < -0.39 is 11.9 Å². The summed E-state index contributed by atoms with van der Waals surface area (Å²) in [7, 11) is 0. The number of rotatable bonds is 4. The largest absolute Gasteiger partial charge is 0.510 e. The summed E-state index contributed by atoms with van der Waals surface area (Å²) in [5, 5.41) is 12.8. The Hall–Kier alpha value is -4.27. The van der Waals surface area contributed by atoms with Gasteiger partial charge in [-0.05, 0) is 30.7 Å². The summed E-state index contributed by atoms with van der Waals surface area (Å²) in [5.41, 5.74) is 2.53. The van der Waals surface area contributed by atoms with Crippen molar-refractivity contribution in [3.63, 3.8) is 0 Å². The molecule has 3 amide bonds. The number of ketones is 1. The molecule has 34 heavy (non-hydrogen) atoms. The van der Waals surface area contributed by atoms with E-state index in [0.29, 0.717) is 16.8 Å². The van der Waals surface area contributed by atoms with Crippen molar-refractivity contribution in [1.82, 2.24) is 10.2 Å². The van der Waals surface area contributed by atoms with E-state index >= 15 is 0 Å². The number of carbonyl (C=O) groups excluding carboxylic acids is 4. The number of fused-ring (bicyclic) bond motifs is 1. The van der Waals surface area contributed by atoms with Crippen LogP contribution in [0.4, 0.5) is 11.4 Å². The highest BCUT2D eigenvalue weighted by molar-refractivity contribution is 6.17. The van der Waals surface area contributed by atoms with E-state index in [1.807, 2.05) is 30.3 Å². The van der Waals surface area contributed by atoms with E-state index in [1.54, 1.807) is 23.1 Å². The first-order valence-electron chi connectivity index (χ1n) is 11.0. The average Bonchev–Trinajstić information content (AvgIpc) is 3.16. The van der Waals surface area contributed by atoms with Gasteiger partial charge in [0.25, 0.3) is 5.91 Å². The number of benzene rings is 2. The Morgan fingerprint density at radius 3 is 2.50 bits per heavy atom. The van der Waals surface area contributed by atoms with Crippen LogP contribution in [-0.4, -0.2) is 58.9 Å². The standard InChI is InChI=1S/C25H22N4O5/c30-21-13-28(15-5-2-1-3-6-15)14-22(31)17(21)11-26-19-8-4-7-16-18(19)12-29(25(16)34)20-9-10-23(32)27-24(20)33/h1-8,11,20,30H,9-10,12-14H2,(H,27,32,33). The van der Waals surface area contributed by atoms with Crippen LogP contribution in [0.2, 0.25) is 0 Å². The van der Waals surface area contributed by atoms with Crippen LogP contribution in [0.15, 0.2) is 64.9 Å². The molecule has 0 saturated carbocycles. The summed E-state index contributed by atoms with van der Waals surface area (Å²) in [4.78, 5) is 57.1. The number of hydrogen-bond donors (Lipinski definition) is 2. The number of nitrogens with one attached hydrogen (secondary N) is 1. The highest BCUT2D eigenvalue weighted by atomic mass is 16.3. The van der Waals surface area contributed by atoms with Crippen molar-refractivity contribution in [2.75, 3.05) is 18.0 Å². The van der Waals surface area contributed by atoms with Crippen LogP contribution in [0.3, 0.4) is 0 Å². The van der Waals surface area contributed by atoms with Crippen LogP contribution in [0.1, 0.15) is 28.8 Å². The minimum Gasteiger partial charge on any atom is -0.510 e. The number of anilines is 1. The lowest BCUT2D eigenvalue weighted by molar-refractivity contribution is -0.137. The third kappa shape index (κ3) is 3.85. The maximum atomic E-state index is 13.0. The maximum absolute atomic E-state index is 13.0. The number of piperidine rings is 1. The summed E-state index contributed by atoms with van der Waals surface area (Å²) in [5.74, 6) is -1.45. The lowest BCUT2D eigenvalue weighted by Crippen LogP contribution is -2.52.